The zero-order chi connectivity index (χ0) is 29.4. The number of anilines is 2. The molecular formula is C33H41N3O5. The Morgan fingerprint density at radius 1 is 1.12 bits per heavy atom. The maximum atomic E-state index is 13.7. The summed E-state index contributed by atoms with van der Waals surface area (Å²) in [6, 6.07) is 15.0. The van der Waals surface area contributed by atoms with Crippen molar-refractivity contribution < 1.29 is 24.6 Å². The van der Waals surface area contributed by atoms with Crippen LogP contribution in [-0.4, -0.2) is 59.1 Å². The van der Waals surface area contributed by atoms with Gasteiger partial charge in [-0.3, -0.25) is 14.4 Å². The van der Waals surface area contributed by atoms with Crippen LogP contribution < -0.4 is 9.80 Å². The number of aliphatic hydroxyl groups is 2. The molecule has 8 heteroatoms. The number of amides is 3. The molecule has 4 rings (SSSR count). The molecule has 2 heterocycles. The number of rotatable bonds is 11. The van der Waals surface area contributed by atoms with E-state index in [2.05, 4.69) is 6.58 Å². The quantitative estimate of drug-likeness (QED) is 0.400. The van der Waals surface area contributed by atoms with Gasteiger partial charge in [-0.15, -0.1) is 6.58 Å². The second-order valence-electron chi connectivity index (χ2n) is 10.8. The third-order valence-electron chi connectivity index (χ3n) is 8.01. The average Bonchev–Trinajstić information content (AvgIpc) is 3.18. The van der Waals surface area contributed by atoms with Gasteiger partial charge >= 0.3 is 0 Å². The van der Waals surface area contributed by atoms with Gasteiger partial charge in [0.25, 0.3) is 5.91 Å². The van der Waals surface area contributed by atoms with Gasteiger partial charge in [0, 0.05) is 56.2 Å². The van der Waals surface area contributed by atoms with Crippen molar-refractivity contribution in [1.29, 1.82) is 0 Å². The molecule has 1 fully saturated rings. The molecule has 0 unspecified atom stereocenters. The first-order valence-electron chi connectivity index (χ1n) is 14.5. The first-order chi connectivity index (χ1) is 19.8. The maximum Gasteiger partial charge on any atom is 0.264 e. The fourth-order valence-corrected chi connectivity index (χ4v) is 5.70. The lowest BCUT2D eigenvalue weighted by Gasteiger charge is -2.29. The number of aliphatic hydroxyl groups excluding tert-OH is 1. The van der Waals surface area contributed by atoms with Crippen molar-refractivity contribution in [3.8, 4) is 0 Å². The monoisotopic (exact) mass is 559 g/mol. The van der Waals surface area contributed by atoms with Crippen LogP contribution in [0, 0.1) is 5.92 Å². The molecule has 2 N–H and O–H groups in total. The van der Waals surface area contributed by atoms with Crippen LogP contribution in [0.2, 0.25) is 0 Å². The minimum absolute atomic E-state index is 0.0508. The number of carbonyl (C=O) groups excluding carboxylic acids is 3. The van der Waals surface area contributed by atoms with Crippen LogP contribution in [0.15, 0.2) is 73.3 Å². The molecule has 2 aromatic carbocycles. The molecule has 0 aliphatic carbocycles. The molecule has 0 bridgehead atoms. The van der Waals surface area contributed by atoms with Gasteiger partial charge in [0.1, 0.15) is 0 Å². The van der Waals surface area contributed by atoms with Gasteiger partial charge in [0.15, 0.2) is 5.60 Å². The lowest BCUT2D eigenvalue weighted by Crippen LogP contribution is -2.44. The van der Waals surface area contributed by atoms with E-state index in [0.717, 1.165) is 31.2 Å². The average molecular weight is 560 g/mol. The normalized spacial score (nSPS) is 20.1. The summed E-state index contributed by atoms with van der Waals surface area (Å²) in [5.41, 5.74) is 0.814. The molecule has 0 spiro atoms. The largest absolute Gasteiger partial charge is 0.395 e. The van der Waals surface area contributed by atoms with Gasteiger partial charge in [0.2, 0.25) is 11.8 Å². The van der Waals surface area contributed by atoms with Crippen molar-refractivity contribution in [2.75, 3.05) is 36.0 Å². The van der Waals surface area contributed by atoms with Gasteiger partial charge in [-0.2, -0.15) is 0 Å². The lowest BCUT2D eigenvalue weighted by molar-refractivity contribution is -0.139. The fraction of sp³-hybridized carbons (Fsp3) is 0.424. The highest BCUT2D eigenvalue weighted by molar-refractivity contribution is 6.08. The minimum Gasteiger partial charge on any atom is -0.395 e. The Hall–Kier alpha value is -3.75. The molecule has 3 amide bonds. The van der Waals surface area contributed by atoms with E-state index in [1.54, 1.807) is 47.1 Å². The standard InChI is InChI=1S/C33H41N3O5/c1-3-19-36-29-18-17-27(35-20-10-5-4-9-15-31(35)39)23-28(29)33(41,32(36)40)25(2)12-11-16-30(38)34(21-22-37)24-26-13-7-6-8-14-26/h3,6-8,11-14,17-18,23,25,37,41H,1,4-5,9-10,15-16,19-22,24H2,2H3/b12-11+/t25-,33+/m0/s1. The molecule has 1 saturated heterocycles. The molecule has 0 radical (unpaired) electrons. The van der Waals surface area contributed by atoms with Crippen molar-refractivity contribution in [2.45, 2.75) is 57.6 Å². The summed E-state index contributed by atoms with van der Waals surface area (Å²) in [6.07, 6.45) is 9.40. The maximum absolute atomic E-state index is 13.7. The van der Waals surface area contributed by atoms with Crippen LogP contribution in [0.3, 0.4) is 0 Å². The Balaban J connectivity index is 1.57. The van der Waals surface area contributed by atoms with E-state index in [1.807, 2.05) is 36.4 Å². The third-order valence-corrected chi connectivity index (χ3v) is 8.01. The number of fused-ring (bicyclic) bond motifs is 1. The Bertz CT molecular complexity index is 1280. The smallest absolute Gasteiger partial charge is 0.264 e. The summed E-state index contributed by atoms with van der Waals surface area (Å²) >= 11 is 0. The van der Waals surface area contributed by atoms with Crippen molar-refractivity contribution in [3.63, 3.8) is 0 Å². The number of carbonyl (C=O) groups is 3. The predicted octanol–water partition coefficient (Wildman–Crippen LogP) is 4.31. The van der Waals surface area contributed by atoms with Crippen molar-refractivity contribution in [2.24, 2.45) is 5.92 Å². The summed E-state index contributed by atoms with van der Waals surface area (Å²) in [4.78, 5) is 44.5. The minimum atomic E-state index is -1.87. The van der Waals surface area contributed by atoms with Crippen LogP contribution in [-0.2, 0) is 26.5 Å². The zero-order valence-corrected chi connectivity index (χ0v) is 23.9. The second-order valence-corrected chi connectivity index (χ2v) is 10.8. The van der Waals surface area contributed by atoms with Crippen molar-refractivity contribution >= 4 is 29.1 Å². The Labute approximate surface area is 242 Å². The fourth-order valence-electron chi connectivity index (χ4n) is 5.70. The van der Waals surface area contributed by atoms with Crippen LogP contribution in [0.25, 0.3) is 0 Å². The molecule has 2 aliphatic heterocycles. The SMILES string of the molecule is C=CCN1C(=O)[C@@](O)([C@@H](C)/C=C/CC(=O)N(CCO)Cc2ccccc2)c2cc(N3CCCCCCC3=O)ccc21. The Morgan fingerprint density at radius 2 is 1.88 bits per heavy atom. The molecule has 218 valence electrons. The van der Waals surface area contributed by atoms with E-state index in [-0.39, 0.29) is 37.9 Å². The molecule has 2 atom stereocenters. The molecule has 2 aromatic rings. The van der Waals surface area contributed by atoms with Gasteiger partial charge in [-0.05, 0) is 36.6 Å². The highest BCUT2D eigenvalue weighted by atomic mass is 16.3. The highest BCUT2D eigenvalue weighted by Gasteiger charge is 2.52. The number of nitrogens with zero attached hydrogens (tertiary/aromatic N) is 3. The van der Waals surface area contributed by atoms with Crippen molar-refractivity contribution in [3.05, 3.63) is 84.5 Å². The summed E-state index contributed by atoms with van der Waals surface area (Å²) in [6.45, 7) is 6.81. The molecule has 2 aliphatic rings. The summed E-state index contributed by atoms with van der Waals surface area (Å²) in [7, 11) is 0. The van der Waals surface area contributed by atoms with Gasteiger partial charge < -0.3 is 24.9 Å². The lowest BCUT2D eigenvalue weighted by atomic mass is 9.82. The molecule has 41 heavy (non-hydrogen) atoms. The molecule has 8 nitrogen and oxygen atoms in total. The number of hydrogen-bond donors (Lipinski definition) is 2. The van der Waals surface area contributed by atoms with Gasteiger partial charge in [0.05, 0.1) is 12.3 Å². The first-order valence-corrected chi connectivity index (χ1v) is 14.5. The Morgan fingerprint density at radius 3 is 2.61 bits per heavy atom. The van der Waals surface area contributed by atoms with Crippen LogP contribution in [0.5, 0.6) is 0 Å². The van der Waals surface area contributed by atoms with E-state index in [4.69, 9.17) is 0 Å². The predicted molar refractivity (Wildman–Crippen MR) is 160 cm³/mol. The number of benzene rings is 2. The molecule has 0 saturated carbocycles. The Kier molecular flexibility index (Phi) is 10.1. The summed E-state index contributed by atoms with van der Waals surface area (Å²) in [5, 5.41) is 21.5. The van der Waals surface area contributed by atoms with E-state index in [1.165, 1.54) is 4.90 Å². The van der Waals surface area contributed by atoms with Gasteiger partial charge in [-0.25, -0.2) is 0 Å². The van der Waals surface area contributed by atoms with Crippen LogP contribution >= 0.6 is 0 Å². The van der Waals surface area contributed by atoms with E-state index >= 15 is 0 Å². The van der Waals surface area contributed by atoms with E-state index < -0.39 is 17.4 Å². The highest BCUT2D eigenvalue weighted by Crippen LogP contribution is 2.46. The third kappa shape index (κ3) is 6.60. The van der Waals surface area contributed by atoms with Crippen molar-refractivity contribution in [1.82, 2.24) is 4.90 Å². The summed E-state index contributed by atoms with van der Waals surface area (Å²) in [5.74, 6) is -1.23. The topological polar surface area (TPSA) is 101 Å². The molecular weight excluding hydrogens is 518 g/mol. The van der Waals surface area contributed by atoms with Crippen LogP contribution in [0.4, 0.5) is 11.4 Å². The summed E-state index contributed by atoms with van der Waals surface area (Å²) < 4.78 is 0. The first kappa shape index (κ1) is 30.2. The van der Waals surface area contributed by atoms with E-state index in [0.29, 0.717) is 36.4 Å². The van der Waals surface area contributed by atoms with Crippen LogP contribution in [0.1, 0.15) is 56.6 Å². The molecule has 0 aromatic heterocycles. The second kappa shape index (κ2) is 13.7. The number of hydrogen-bond acceptors (Lipinski definition) is 5. The zero-order valence-electron chi connectivity index (χ0n) is 23.9. The van der Waals surface area contributed by atoms with Gasteiger partial charge in [-0.1, -0.05) is 68.3 Å². The van der Waals surface area contributed by atoms with E-state index in [9.17, 15) is 24.6 Å².